The fourth-order valence-corrected chi connectivity index (χ4v) is 15.0. The highest BCUT2D eigenvalue weighted by Gasteiger charge is 2.81. The van der Waals surface area contributed by atoms with Gasteiger partial charge in [-0.3, -0.25) is 4.79 Å². The van der Waals surface area contributed by atoms with Crippen LogP contribution in [0.25, 0.3) is 6.08 Å². The van der Waals surface area contributed by atoms with E-state index >= 15 is 0 Å². The first-order valence-electron chi connectivity index (χ1n) is 27.9. The Morgan fingerprint density at radius 1 is 0.649 bits per heavy atom. The fraction of sp³-hybridized carbons (Fsp3) is 0.793. The number of hydrogen-bond donors (Lipinski definition) is 4. The van der Waals surface area contributed by atoms with E-state index in [9.17, 15) is 30.0 Å². The summed E-state index contributed by atoms with van der Waals surface area (Å²) in [5, 5.41) is 48.6. The van der Waals surface area contributed by atoms with E-state index in [0.717, 1.165) is 11.1 Å². The van der Waals surface area contributed by atoms with Gasteiger partial charge in [-0.15, -0.1) is 0 Å². The minimum Gasteiger partial charge on any atom is -0.458 e. The van der Waals surface area contributed by atoms with Crippen LogP contribution in [-0.2, 0) is 71.2 Å². The van der Waals surface area contributed by atoms with Gasteiger partial charge >= 0.3 is 5.97 Å². The number of esters is 1. The van der Waals surface area contributed by atoms with E-state index in [-0.39, 0.29) is 37.9 Å². The molecule has 0 bridgehead atoms. The summed E-state index contributed by atoms with van der Waals surface area (Å²) in [6.45, 7) is 12.5. The summed E-state index contributed by atoms with van der Waals surface area (Å²) in [4.78, 5) is 27.0. The number of methoxy groups -OCH3 is 4. The van der Waals surface area contributed by atoms with Crippen molar-refractivity contribution >= 4 is 17.8 Å². The van der Waals surface area contributed by atoms with Crippen LogP contribution in [0.3, 0.4) is 0 Å². The summed E-state index contributed by atoms with van der Waals surface area (Å²) in [6, 6.07) is 9.30. The maximum Gasteiger partial charge on any atom is 0.331 e. The number of Topliss-reactive ketones (excluding diaryl/α,β-unsaturated/α-hetero) is 1. The molecule has 0 unspecified atom stereocenters. The third kappa shape index (κ3) is 10.7. The Balaban J connectivity index is 0.809. The normalized spacial score (nSPS) is 48.1. The minimum absolute atomic E-state index is 0.0493. The molecule has 24 atom stereocenters. The Morgan fingerprint density at radius 3 is 1.65 bits per heavy atom. The molecule has 1 aromatic rings. The second-order valence-electron chi connectivity index (χ2n) is 23.6. The van der Waals surface area contributed by atoms with Gasteiger partial charge in [-0.2, -0.15) is 0 Å². The quantitative estimate of drug-likeness (QED) is 0.0942. The summed E-state index contributed by atoms with van der Waals surface area (Å²) in [6.07, 6.45) is -1.19. The first-order valence-corrected chi connectivity index (χ1v) is 27.9. The molecule has 4 saturated heterocycles. The topological polar surface area (TPSA) is 235 Å². The zero-order valence-electron chi connectivity index (χ0n) is 46.8. The number of ether oxygens (including phenoxy) is 13. The van der Waals surface area contributed by atoms with Gasteiger partial charge in [-0.1, -0.05) is 48.9 Å². The molecule has 4 N–H and O–H groups in total. The van der Waals surface area contributed by atoms with E-state index in [1.807, 2.05) is 57.2 Å². The molecule has 1 aromatic carbocycles. The SMILES string of the molecule is CO[C@H]1C[C@H](O[C@H]2[C@@H](OC)C[C@H](O[C@H]3CC[C@@]4(C)C(=CC[C@]5(O)[C@@H]4C[C@@H](OC(=O)C=Cc4ccccc4)[C@@]4(C)[C@]5(O)CC[C@@]4(O)C(C)=O)C3)O[C@@H]2C)O[C@@H](C)[C@H]1O[C@H]1C[C@H](OC)[C@H](O[C@H]2C[C@@H](OC)[C@@H](O)[C@H](C)O2)[C@@H](C)O1. The Labute approximate surface area is 453 Å². The van der Waals surface area contributed by atoms with Crippen molar-refractivity contribution in [2.24, 2.45) is 16.7 Å². The van der Waals surface area contributed by atoms with Crippen molar-refractivity contribution in [1.82, 2.24) is 0 Å². The summed E-state index contributed by atoms with van der Waals surface area (Å²) >= 11 is 0. The van der Waals surface area contributed by atoms with E-state index in [1.165, 1.54) is 13.0 Å². The monoisotopic (exact) mass is 1090 g/mol. The number of aliphatic hydroxyl groups excluding tert-OH is 1. The average molecular weight is 1090 g/mol. The van der Waals surface area contributed by atoms with Crippen molar-refractivity contribution in [1.29, 1.82) is 0 Å². The fourth-order valence-electron chi connectivity index (χ4n) is 15.0. The largest absolute Gasteiger partial charge is 0.458 e. The highest BCUT2D eigenvalue weighted by Crippen LogP contribution is 2.71. The molecular formula is C58H86O19. The number of rotatable bonds is 16. The van der Waals surface area contributed by atoms with Gasteiger partial charge in [0.1, 0.15) is 47.3 Å². The molecule has 3 saturated carbocycles. The van der Waals surface area contributed by atoms with E-state index in [2.05, 4.69) is 6.92 Å². The lowest BCUT2D eigenvalue weighted by molar-refractivity contribution is -0.347. The second kappa shape index (κ2) is 23.2. The summed E-state index contributed by atoms with van der Waals surface area (Å²) in [5.74, 6) is -1.80. The lowest BCUT2D eigenvalue weighted by Crippen LogP contribution is -2.78. The molecule has 0 radical (unpaired) electrons. The number of carbonyl (C=O) groups excluding carboxylic acids is 2. The lowest BCUT2D eigenvalue weighted by atomic mass is 9.42. The van der Waals surface area contributed by atoms with Crippen molar-refractivity contribution < 1.29 is 91.6 Å². The number of hydrogen-bond acceptors (Lipinski definition) is 19. The van der Waals surface area contributed by atoms with Crippen LogP contribution in [0.1, 0.15) is 125 Å². The lowest BCUT2D eigenvalue weighted by Gasteiger charge is -2.67. The predicted octanol–water partition coefficient (Wildman–Crippen LogP) is 5.24. The van der Waals surface area contributed by atoms with Gasteiger partial charge in [-0.05, 0) is 104 Å². The standard InChI is InChI=1S/C58H86O19/c1-31-50(61)39(65-8)26-47(69-31)75-52-33(3)71-49(28-41(52)67-10)77-53-34(4)72-48(29-42(53)68-11)76-51-32(2)70-46(27-40(51)66-9)73-38-20-21-54(6)37(25-38)19-22-57(63)43(54)30-44(74-45(60)18-17-36-15-13-12-14-16-36)55(7)56(62,35(5)59)23-24-58(55,57)64/h12-19,31-34,38-44,46-53,61-64H,20-30H2,1-11H3/t31-,32+,33+,34-,38-,39+,40-,41-,42-,43+,44+,46-,47-,48-,49-,50-,51+,52+,53+,54-,55+,56+,57-,58+/m0/s1. The summed E-state index contributed by atoms with van der Waals surface area (Å²) in [7, 11) is 6.48. The highest BCUT2D eigenvalue weighted by atomic mass is 16.8. The van der Waals surface area contributed by atoms with Gasteiger partial charge in [0.2, 0.25) is 0 Å². The maximum absolute atomic E-state index is 13.6. The van der Waals surface area contributed by atoms with Crippen LogP contribution in [0.5, 0.6) is 0 Å². The molecule has 432 valence electrons. The molecule has 9 rings (SSSR count). The van der Waals surface area contributed by atoms with Crippen LogP contribution in [0, 0.1) is 16.7 Å². The minimum atomic E-state index is -2.05. The van der Waals surface area contributed by atoms with Crippen LogP contribution in [-0.4, -0.2) is 188 Å². The van der Waals surface area contributed by atoms with E-state index < -0.39 is 144 Å². The summed E-state index contributed by atoms with van der Waals surface area (Å²) < 4.78 is 81.6. The Morgan fingerprint density at radius 2 is 1.14 bits per heavy atom. The zero-order chi connectivity index (χ0) is 55.4. The van der Waals surface area contributed by atoms with Gasteiger partial charge in [0, 0.05) is 66.1 Å². The molecule has 7 fully saturated rings. The summed E-state index contributed by atoms with van der Waals surface area (Å²) in [5.41, 5.74) is -6.24. The highest BCUT2D eigenvalue weighted by molar-refractivity contribution is 5.88. The molecule has 0 aromatic heterocycles. The molecule has 4 heterocycles. The van der Waals surface area contributed by atoms with Crippen molar-refractivity contribution in [2.75, 3.05) is 28.4 Å². The van der Waals surface area contributed by atoms with Crippen molar-refractivity contribution in [3.05, 3.63) is 53.6 Å². The Hall–Kier alpha value is -2.80. The molecule has 0 spiro atoms. The second-order valence-corrected chi connectivity index (χ2v) is 23.6. The van der Waals surface area contributed by atoms with E-state index in [1.54, 1.807) is 48.4 Å². The number of carbonyl (C=O) groups is 2. The first kappa shape index (κ1) is 58.8. The molecule has 4 aliphatic carbocycles. The molecule has 19 heteroatoms. The van der Waals surface area contributed by atoms with Crippen molar-refractivity contribution in [3.63, 3.8) is 0 Å². The number of aliphatic hydroxyl groups is 4. The van der Waals surface area contributed by atoms with Crippen molar-refractivity contribution in [2.45, 2.75) is 247 Å². The molecule has 8 aliphatic rings. The zero-order valence-corrected chi connectivity index (χ0v) is 46.8. The molecule has 19 nitrogen and oxygen atoms in total. The molecule has 77 heavy (non-hydrogen) atoms. The smallest absolute Gasteiger partial charge is 0.331 e. The van der Waals surface area contributed by atoms with Gasteiger partial charge in [0.25, 0.3) is 0 Å². The van der Waals surface area contributed by atoms with Gasteiger partial charge < -0.3 is 82.0 Å². The van der Waals surface area contributed by atoms with Gasteiger partial charge in [0.05, 0.1) is 60.4 Å². The third-order valence-corrected chi connectivity index (χ3v) is 19.6. The number of benzene rings is 1. The first-order chi connectivity index (χ1) is 36.6. The van der Waals surface area contributed by atoms with Crippen LogP contribution in [0.2, 0.25) is 0 Å². The Bertz CT molecular complexity index is 2270. The molecular weight excluding hydrogens is 1000 g/mol. The van der Waals surface area contributed by atoms with E-state index in [4.69, 9.17) is 61.6 Å². The molecule has 4 aliphatic heterocycles. The predicted molar refractivity (Wildman–Crippen MR) is 275 cm³/mol. The van der Waals surface area contributed by atoms with Gasteiger partial charge in [0.15, 0.2) is 30.9 Å². The van der Waals surface area contributed by atoms with Crippen molar-refractivity contribution in [3.8, 4) is 0 Å². The van der Waals surface area contributed by atoms with Crippen LogP contribution in [0.15, 0.2) is 48.1 Å². The number of fused-ring (bicyclic) bond motifs is 5. The van der Waals surface area contributed by atoms with Crippen LogP contribution in [0.4, 0.5) is 0 Å². The van der Waals surface area contributed by atoms with Crippen LogP contribution < -0.4 is 0 Å². The third-order valence-electron chi connectivity index (χ3n) is 19.6. The van der Waals surface area contributed by atoms with E-state index in [0.29, 0.717) is 44.9 Å². The van der Waals surface area contributed by atoms with Crippen LogP contribution >= 0.6 is 0 Å². The molecule has 0 amide bonds. The maximum atomic E-state index is 13.6. The van der Waals surface area contributed by atoms with Gasteiger partial charge in [-0.25, -0.2) is 4.79 Å². The number of ketones is 1. The Kier molecular flexibility index (Phi) is 17.7. The average Bonchev–Trinajstić information content (AvgIpc) is 3.79.